The van der Waals surface area contributed by atoms with Gasteiger partial charge < -0.3 is 9.63 Å². The maximum Gasteiger partial charge on any atom is 0.421 e. The lowest BCUT2D eigenvalue weighted by Crippen LogP contribution is -2.39. The largest absolute Gasteiger partial charge is 0.421 e. The van der Waals surface area contributed by atoms with Gasteiger partial charge in [0.05, 0.1) is 4.88 Å². The van der Waals surface area contributed by atoms with E-state index in [-0.39, 0.29) is 9.90 Å². The van der Waals surface area contributed by atoms with Crippen LogP contribution in [0.1, 0.15) is 18.2 Å². The van der Waals surface area contributed by atoms with E-state index in [9.17, 15) is 26.7 Å². The quantitative estimate of drug-likeness (QED) is 0.628. The third-order valence-electron chi connectivity index (χ3n) is 3.98. The molecule has 0 aliphatic heterocycles. The predicted octanol–water partition coefficient (Wildman–Crippen LogP) is 4.28. The Morgan fingerprint density at radius 1 is 1.14 bits per heavy atom. The van der Waals surface area contributed by atoms with Gasteiger partial charge in [0.15, 0.2) is 5.60 Å². The molecule has 3 aromatic rings. The number of rotatable bonds is 5. The van der Waals surface area contributed by atoms with Gasteiger partial charge in [-0.05, 0) is 43.7 Å². The molecule has 0 aliphatic carbocycles. The number of sulfonamides is 1. The lowest BCUT2D eigenvalue weighted by atomic mass is 9.95. The third kappa shape index (κ3) is 3.91. The highest BCUT2D eigenvalue weighted by Crippen LogP contribution is 2.39. The minimum Gasteiger partial charge on any atom is -0.376 e. The molecule has 0 radical (unpaired) electrons. The Hall–Kier alpha value is -2.37. The maximum absolute atomic E-state index is 12.9. The summed E-state index contributed by atoms with van der Waals surface area (Å²) in [4.78, 5) is 0.591. The predicted molar refractivity (Wildman–Crippen MR) is 97.4 cm³/mol. The minimum atomic E-state index is -4.86. The monoisotopic (exact) mass is 432 g/mol. The Morgan fingerprint density at radius 2 is 1.79 bits per heavy atom. The van der Waals surface area contributed by atoms with E-state index in [4.69, 9.17) is 4.52 Å². The van der Waals surface area contributed by atoms with Crippen LogP contribution in [0.4, 0.5) is 18.9 Å². The zero-order valence-corrected chi connectivity index (χ0v) is 16.2. The number of aryl methyl sites for hydroxylation is 1. The fourth-order valence-corrected chi connectivity index (χ4v) is 4.63. The molecule has 0 saturated heterocycles. The van der Waals surface area contributed by atoms with E-state index in [0.29, 0.717) is 23.3 Å². The van der Waals surface area contributed by atoms with E-state index in [1.807, 2.05) is 0 Å². The van der Waals surface area contributed by atoms with E-state index in [2.05, 4.69) is 9.88 Å². The van der Waals surface area contributed by atoms with Crippen molar-refractivity contribution in [2.45, 2.75) is 29.8 Å². The smallest absolute Gasteiger partial charge is 0.376 e. The summed E-state index contributed by atoms with van der Waals surface area (Å²) in [5, 5.41) is 13.5. The lowest BCUT2D eigenvalue weighted by molar-refractivity contribution is -0.258. The maximum atomic E-state index is 12.9. The number of halogens is 3. The van der Waals surface area contributed by atoms with Crippen molar-refractivity contribution >= 4 is 27.0 Å². The summed E-state index contributed by atoms with van der Waals surface area (Å²) in [6.07, 6.45) is -4.86. The van der Waals surface area contributed by atoms with Gasteiger partial charge in [-0.3, -0.25) is 4.72 Å². The number of anilines is 1. The molecule has 1 atom stereocenters. The van der Waals surface area contributed by atoms with Crippen LogP contribution in [-0.4, -0.2) is 24.9 Å². The number of nitrogens with one attached hydrogen (secondary N) is 1. The van der Waals surface area contributed by atoms with Gasteiger partial charge in [0.1, 0.15) is 15.7 Å². The SMILES string of the molecule is Cc1cc(-c2ccc(S(=O)(=O)Nc3ccc(C(C)(O)C(F)(F)F)cc3)s2)no1. The first-order valence-electron chi connectivity index (χ1n) is 7.86. The molecular formula is C17H15F3N2O4S2. The molecule has 0 spiro atoms. The first-order valence-corrected chi connectivity index (χ1v) is 10.2. The van der Waals surface area contributed by atoms with Gasteiger partial charge in [-0.15, -0.1) is 11.3 Å². The van der Waals surface area contributed by atoms with Crippen LogP contribution in [0.2, 0.25) is 0 Å². The number of hydrogen-bond acceptors (Lipinski definition) is 6. The van der Waals surface area contributed by atoms with Crippen LogP contribution in [0.5, 0.6) is 0 Å². The van der Waals surface area contributed by atoms with Crippen molar-refractivity contribution in [1.29, 1.82) is 0 Å². The standard InChI is InChI=1S/C17H15F3N2O4S2/c1-10-9-13(21-26-10)14-7-8-15(27-14)28(24,25)22-12-5-3-11(4-6-12)16(2,23)17(18,19)20/h3-9,22-23H,1-2H3. The fraction of sp³-hybridized carbons (Fsp3) is 0.235. The van der Waals surface area contributed by atoms with E-state index >= 15 is 0 Å². The van der Waals surface area contributed by atoms with E-state index in [0.717, 1.165) is 35.6 Å². The normalized spacial score (nSPS) is 14.6. The van der Waals surface area contributed by atoms with Crippen molar-refractivity contribution in [2.75, 3.05) is 4.72 Å². The highest BCUT2D eigenvalue weighted by atomic mass is 32.2. The number of nitrogens with zero attached hydrogens (tertiary/aromatic N) is 1. The summed E-state index contributed by atoms with van der Waals surface area (Å²) in [7, 11) is -3.95. The van der Waals surface area contributed by atoms with Crippen molar-refractivity contribution in [3.8, 4) is 10.6 Å². The van der Waals surface area contributed by atoms with E-state index in [1.165, 1.54) is 6.07 Å². The molecule has 2 N–H and O–H groups in total. The molecule has 11 heteroatoms. The van der Waals surface area contributed by atoms with E-state index in [1.54, 1.807) is 19.1 Å². The Bertz CT molecular complexity index is 1080. The number of aromatic nitrogens is 1. The Balaban J connectivity index is 1.81. The number of alkyl halides is 3. The van der Waals surface area contributed by atoms with Crippen LogP contribution in [0.15, 0.2) is 51.2 Å². The average molecular weight is 432 g/mol. The summed E-state index contributed by atoms with van der Waals surface area (Å²) in [6, 6.07) is 8.99. The second-order valence-electron chi connectivity index (χ2n) is 6.19. The van der Waals surface area contributed by atoms with Crippen LogP contribution in [0.3, 0.4) is 0 Å². The number of benzene rings is 1. The zero-order valence-electron chi connectivity index (χ0n) is 14.6. The third-order valence-corrected chi connectivity index (χ3v) is 6.96. The van der Waals surface area contributed by atoms with Crippen LogP contribution in [-0.2, 0) is 15.6 Å². The van der Waals surface area contributed by atoms with Gasteiger partial charge in [-0.2, -0.15) is 13.2 Å². The van der Waals surface area contributed by atoms with Crippen LogP contribution < -0.4 is 4.72 Å². The van der Waals surface area contributed by atoms with Crippen LogP contribution in [0, 0.1) is 6.92 Å². The second-order valence-corrected chi connectivity index (χ2v) is 9.19. The molecule has 0 saturated carbocycles. The molecule has 0 fully saturated rings. The molecule has 28 heavy (non-hydrogen) atoms. The minimum absolute atomic E-state index is 0.00881. The summed E-state index contributed by atoms with van der Waals surface area (Å²) in [5.74, 6) is 0.584. The molecular weight excluding hydrogens is 417 g/mol. The van der Waals surface area contributed by atoms with Crippen molar-refractivity contribution in [3.05, 3.63) is 53.8 Å². The molecule has 2 aromatic heterocycles. The Labute approximate surface area is 162 Å². The molecule has 1 aromatic carbocycles. The lowest BCUT2D eigenvalue weighted by Gasteiger charge is -2.26. The van der Waals surface area contributed by atoms with E-state index < -0.39 is 27.4 Å². The number of thiophene rings is 1. The van der Waals surface area contributed by atoms with Gasteiger partial charge in [-0.25, -0.2) is 8.42 Å². The number of aliphatic hydroxyl groups is 1. The molecule has 150 valence electrons. The molecule has 1 unspecified atom stereocenters. The summed E-state index contributed by atoms with van der Waals surface area (Å²) in [5.41, 5.74) is -2.87. The van der Waals surface area contributed by atoms with Crippen molar-refractivity contribution in [1.82, 2.24) is 5.16 Å². The summed E-state index contributed by atoms with van der Waals surface area (Å²) < 4.78 is 71.0. The van der Waals surface area contributed by atoms with Gasteiger partial charge in [0.25, 0.3) is 10.0 Å². The van der Waals surface area contributed by atoms with Crippen molar-refractivity contribution in [2.24, 2.45) is 0 Å². The highest BCUT2D eigenvalue weighted by Gasteiger charge is 2.51. The molecule has 0 amide bonds. The van der Waals surface area contributed by atoms with Gasteiger partial charge >= 0.3 is 6.18 Å². The highest BCUT2D eigenvalue weighted by molar-refractivity contribution is 7.94. The topological polar surface area (TPSA) is 92.4 Å². The molecule has 0 bridgehead atoms. The van der Waals surface area contributed by atoms with Crippen LogP contribution >= 0.6 is 11.3 Å². The van der Waals surface area contributed by atoms with Crippen molar-refractivity contribution in [3.63, 3.8) is 0 Å². The Kier molecular flexibility index (Phi) is 5.02. The molecule has 0 aliphatic rings. The van der Waals surface area contributed by atoms with Gasteiger partial charge in [0, 0.05) is 11.8 Å². The van der Waals surface area contributed by atoms with Crippen molar-refractivity contribution < 1.29 is 31.2 Å². The molecule has 3 rings (SSSR count). The number of hydrogen-bond donors (Lipinski definition) is 2. The Morgan fingerprint density at radius 3 is 2.32 bits per heavy atom. The summed E-state index contributed by atoms with van der Waals surface area (Å²) in [6.45, 7) is 2.34. The molecule has 2 heterocycles. The van der Waals surface area contributed by atoms with Gasteiger partial charge in [-0.1, -0.05) is 17.3 Å². The first kappa shape index (κ1) is 20.4. The molecule has 6 nitrogen and oxygen atoms in total. The average Bonchev–Trinajstić information content (AvgIpc) is 3.23. The second kappa shape index (κ2) is 6.90. The fourth-order valence-electron chi connectivity index (χ4n) is 2.32. The van der Waals surface area contributed by atoms with Gasteiger partial charge in [0.2, 0.25) is 0 Å². The zero-order chi connectivity index (χ0) is 20.7. The first-order chi connectivity index (χ1) is 12.9. The van der Waals surface area contributed by atoms with Crippen LogP contribution in [0.25, 0.3) is 10.6 Å². The summed E-state index contributed by atoms with van der Waals surface area (Å²) >= 11 is 0.975.